The van der Waals surface area contributed by atoms with Gasteiger partial charge in [0.25, 0.3) is 0 Å². The summed E-state index contributed by atoms with van der Waals surface area (Å²) >= 11 is 5.21. The number of hydrogen-bond acceptors (Lipinski definition) is 2. The average Bonchev–Trinajstić information content (AvgIpc) is 1.68. The van der Waals surface area contributed by atoms with E-state index in [-0.39, 0.29) is 6.00 Å². The van der Waals surface area contributed by atoms with Crippen LogP contribution in [0, 0.1) is 0 Å². The summed E-state index contributed by atoms with van der Waals surface area (Å²) in [4.78, 5) is 3.70. The Kier molecular flexibility index (Phi) is 3.80. The summed E-state index contributed by atoms with van der Waals surface area (Å²) in [5, 5.41) is 0. The summed E-state index contributed by atoms with van der Waals surface area (Å²) < 4.78 is 4.66. The molecule has 0 aliphatic heterocycles. The van der Waals surface area contributed by atoms with E-state index >= 15 is 0 Å². The van der Waals surface area contributed by atoms with E-state index in [1.807, 2.05) is 0 Å². The van der Waals surface area contributed by atoms with Gasteiger partial charge in [-0.2, -0.15) is 0 Å². The number of methoxy groups -OCH3 is 1. The van der Waals surface area contributed by atoms with Gasteiger partial charge in [-0.1, -0.05) is 0 Å². The molecule has 0 radical (unpaired) electrons. The summed E-state index contributed by atoms with van der Waals surface area (Å²) in [6.07, 6.45) is 0. The fraction of sp³-hybridized carbons (Fsp3) is 0.750. The van der Waals surface area contributed by atoms with E-state index in [1.165, 1.54) is 0 Å². The zero-order valence-corrected chi connectivity index (χ0v) is 5.20. The third-order valence-corrected chi connectivity index (χ3v) is 0.697. The lowest BCUT2D eigenvalue weighted by Gasteiger charge is -1.91. The van der Waals surface area contributed by atoms with Gasteiger partial charge >= 0.3 is 0 Å². The Balaban J connectivity index is 3.29. The maximum Gasteiger partial charge on any atom is 0.180 e. The molecule has 3 heteroatoms. The highest BCUT2D eigenvalue weighted by Gasteiger charge is 1.78. The van der Waals surface area contributed by atoms with Crippen LogP contribution in [0.25, 0.3) is 0 Å². The summed E-state index contributed by atoms with van der Waals surface area (Å²) in [6.45, 7) is 1.75. The molecule has 0 aliphatic carbocycles. The number of aliphatic imine (C=N–C) groups is 1. The average molecular weight is 122 g/mol. The van der Waals surface area contributed by atoms with E-state index in [0.29, 0.717) is 5.90 Å². The third-order valence-electron chi connectivity index (χ3n) is 0.578. The molecular weight excluding hydrogens is 114 g/mol. The van der Waals surface area contributed by atoms with Crippen LogP contribution in [-0.4, -0.2) is 19.0 Å². The molecule has 0 aromatic heterocycles. The van der Waals surface area contributed by atoms with Crippen LogP contribution in [0.3, 0.4) is 0 Å². The molecule has 0 unspecified atom stereocenters. The molecule has 0 atom stereocenters. The number of halogens is 1. The van der Waals surface area contributed by atoms with Gasteiger partial charge in [-0.25, -0.2) is 4.99 Å². The molecule has 0 heterocycles. The zero-order valence-electron chi connectivity index (χ0n) is 4.44. The van der Waals surface area contributed by atoms with Crippen LogP contribution in [0.1, 0.15) is 6.92 Å². The summed E-state index contributed by atoms with van der Waals surface area (Å²) in [6, 6.07) is 0.277. The van der Waals surface area contributed by atoms with Crippen LogP contribution < -0.4 is 0 Å². The minimum absolute atomic E-state index is 0.277. The highest BCUT2D eigenvalue weighted by Crippen LogP contribution is 1.80. The lowest BCUT2D eigenvalue weighted by molar-refractivity contribution is 0.399. The molecule has 0 bridgehead atoms. The lowest BCUT2D eigenvalue weighted by atomic mass is 10.8. The van der Waals surface area contributed by atoms with Crippen molar-refractivity contribution in [1.82, 2.24) is 0 Å². The number of rotatable bonds is 1. The van der Waals surface area contributed by atoms with Crippen molar-refractivity contribution in [1.29, 1.82) is 0 Å². The highest BCUT2D eigenvalue weighted by molar-refractivity contribution is 6.18. The molecule has 0 aliphatic rings. The van der Waals surface area contributed by atoms with Crippen molar-refractivity contribution >= 4 is 17.5 Å². The zero-order chi connectivity index (χ0) is 5.70. The summed E-state index contributed by atoms with van der Waals surface area (Å²) in [7, 11) is 1.56. The molecule has 7 heavy (non-hydrogen) atoms. The second kappa shape index (κ2) is 3.93. The van der Waals surface area contributed by atoms with E-state index in [2.05, 4.69) is 9.73 Å². The molecule has 0 aromatic carbocycles. The second-order valence-electron chi connectivity index (χ2n) is 1.00. The fourth-order valence-corrected chi connectivity index (χ4v) is 0.317. The minimum atomic E-state index is 0.277. The fourth-order valence-electron chi connectivity index (χ4n) is 0.149. The highest BCUT2D eigenvalue weighted by atomic mass is 35.5. The monoisotopic (exact) mass is 121 g/mol. The van der Waals surface area contributed by atoms with Gasteiger partial charge in [-0.3, -0.25) is 0 Å². The van der Waals surface area contributed by atoms with Crippen molar-refractivity contribution in [2.24, 2.45) is 4.99 Å². The normalized spacial score (nSPS) is 11.6. The van der Waals surface area contributed by atoms with Gasteiger partial charge in [-0.05, 0) is 0 Å². The van der Waals surface area contributed by atoms with Crippen molar-refractivity contribution in [3.05, 3.63) is 0 Å². The standard InChI is InChI=1S/C4H8ClNO/c1-4(7-2)6-3-5/h3H2,1-2H3/b6-4-. The molecular formula is C4H8ClNO. The van der Waals surface area contributed by atoms with Crippen LogP contribution in [0.2, 0.25) is 0 Å². The maximum atomic E-state index is 5.21. The molecule has 0 amide bonds. The van der Waals surface area contributed by atoms with Gasteiger partial charge in [0.1, 0.15) is 6.00 Å². The molecule has 0 saturated heterocycles. The van der Waals surface area contributed by atoms with Crippen LogP contribution >= 0.6 is 11.6 Å². The summed E-state index contributed by atoms with van der Waals surface area (Å²) in [5.74, 6) is 0.620. The van der Waals surface area contributed by atoms with Gasteiger partial charge < -0.3 is 4.74 Å². The largest absolute Gasteiger partial charge is 0.484 e. The minimum Gasteiger partial charge on any atom is -0.484 e. The van der Waals surface area contributed by atoms with Crippen LogP contribution in [-0.2, 0) is 4.74 Å². The van der Waals surface area contributed by atoms with Crippen molar-refractivity contribution in [3.8, 4) is 0 Å². The van der Waals surface area contributed by atoms with Crippen molar-refractivity contribution in [2.75, 3.05) is 13.1 Å². The van der Waals surface area contributed by atoms with Gasteiger partial charge in [-0.15, -0.1) is 11.6 Å². The van der Waals surface area contributed by atoms with Crippen molar-refractivity contribution in [3.63, 3.8) is 0 Å². The Morgan fingerprint density at radius 1 is 1.86 bits per heavy atom. The smallest absolute Gasteiger partial charge is 0.180 e. The maximum absolute atomic E-state index is 5.21. The Morgan fingerprint density at radius 3 is 2.57 bits per heavy atom. The molecule has 0 N–H and O–H groups in total. The lowest BCUT2D eigenvalue weighted by Crippen LogP contribution is -1.92. The van der Waals surface area contributed by atoms with E-state index in [4.69, 9.17) is 11.6 Å². The van der Waals surface area contributed by atoms with Crippen LogP contribution in [0.4, 0.5) is 0 Å². The van der Waals surface area contributed by atoms with Crippen molar-refractivity contribution in [2.45, 2.75) is 6.92 Å². The number of hydrogen-bond donors (Lipinski definition) is 0. The third kappa shape index (κ3) is 3.59. The van der Waals surface area contributed by atoms with Gasteiger partial charge in [0.05, 0.1) is 7.11 Å². The first kappa shape index (κ1) is 6.76. The first-order valence-electron chi connectivity index (χ1n) is 1.92. The van der Waals surface area contributed by atoms with Gasteiger partial charge in [0.15, 0.2) is 5.90 Å². The number of alkyl halides is 1. The Morgan fingerprint density at radius 2 is 2.43 bits per heavy atom. The van der Waals surface area contributed by atoms with E-state index in [9.17, 15) is 0 Å². The van der Waals surface area contributed by atoms with Crippen molar-refractivity contribution < 1.29 is 4.74 Å². The number of nitrogens with zero attached hydrogens (tertiary/aromatic N) is 1. The topological polar surface area (TPSA) is 21.6 Å². The first-order chi connectivity index (χ1) is 3.31. The van der Waals surface area contributed by atoms with E-state index in [0.717, 1.165) is 0 Å². The van der Waals surface area contributed by atoms with Gasteiger partial charge in [0, 0.05) is 6.92 Å². The Labute approximate surface area is 48.1 Å². The molecule has 0 saturated carbocycles. The predicted octanol–water partition coefficient (Wildman–Crippen LogP) is 1.25. The van der Waals surface area contributed by atoms with Crippen LogP contribution in [0.5, 0.6) is 0 Å². The quantitative estimate of drug-likeness (QED) is 0.221. The molecule has 0 aromatic rings. The summed E-state index contributed by atoms with van der Waals surface area (Å²) in [5.41, 5.74) is 0. The Bertz CT molecular complexity index is 72.1. The predicted molar refractivity (Wildman–Crippen MR) is 30.8 cm³/mol. The number of ether oxygens (including phenoxy) is 1. The molecule has 0 spiro atoms. The molecule has 0 rings (SSSR count). The van der Waals surface area contributed by atoms with E-state index < -0.39 is 0 Å². The Hall–Kier alpha value is -0.240. The first-order valence-corrected chi connectivity index (χ1v) is 2.45. The van der Waals surface area contributed by atoms with Crippen LogP contribution in [0.15, 0.2) is 4.99 Å². The molecule has 42 valence electrons. The second-order valence-corrected chi connectivity index (χ2v) is 1.24. The molecule has 0 fully saturated rings. The van der Waals surface area contributed by atoms with E-state index in [1.54, 1.807) is 14.0 Å². The SMILES string of the molecule is CO/C(C)=N\CCl. The van der Waals surface area contributed by atoms with Gasteiger partial charge in [0.2, 0.25) is 0 Å². The molecule has 2 nitrogen and oxygen atoms in total.